The Bertz CT molecular complexity index is 1230. The minimum Gasteiger partial charge on any atom is -0.338 e. The topological polar surface area (TPSA) is 88.5 Å². The summed E-state index contributed by atoms with van der Waals surface area (Å²) in [5.41, 5.74) is 0.783. The lowest BCUT2D eigenvalue weighted by atomic mass is 10.1. The summed E-state index contributed by atoms with van der Waals surface area (Å²) in [6.07, 6.45) is 2.66. The average molecular weight is 452 g/mol. The van der Waals surface area contributed by atoms with Crippen LogP contribution in [0.5, 0.6) is 0 Å². The van der Waals surface area contributed by atoms with Gasteiger partial charge in [-0.2, -0.15) is 0 Å². The van der Waals surface area contributed by atoms with Crippen molar-refractivity contribution < 1.29 is 13.2 Å². The van der Waals surface area contributed by atoms with E-state index in [0.717, 1.165) is 5.56 Å². The molecule has 1 aromatic heterocycles. The summed E-state index contributed by atoms with van der Waals surface area (Å²) in [4.78, 5) is 27.7. The average Bonchev–Trinajstić information content (AvgIpc) is 2.81. The highest BCUT2D eigenvalue weighted by Crippen LogP contribution is 2.16. The van der Waals surface area contributed by atoms with E-state index in [2.05, 4.69) is 4.72 Å². The zero-order valence-electron chi connectivity index (χ0n) is 17.6. The molecule has 0 atom stereocenters. The molecule has 3 aromatic rings. The molecule has 7 nitrogen and oxygen atoms in total. The number of likely N-dealkylation sites (tertiary alicyclic amines) is 1. The largest absolute Gasteiger partial charge is 0.338 e. The molecule has 0 aliphatic carbocycles. The van der Waals surface area contributed by atoms with Crippen LogP contribution in [0.3, 0.4) is 0 Å². The van der Waals surface area contributed by atoms with Crippen LogP contribution in [0.1, 0.15) is 28.8 Å². The summed E-state index contributed by atoms with van der Waals surface area (Å²) >= 11 is 0. The van der Waals surface area contributed by atoms with Gasteiger partial charge in [0.05, 0.1) is 11.4 Å². The van der Waals surface area contributed by atoms with Gasteiger partial charge in [0.1, 0.15) is 5.56 Å². The molecular formula is C24H25N3O4S. The third-order valence-corrected chi connectivity index (χ3v) is 7.14. The summed E-state index contributed by atoms with van der Waals surface area (Å²) in [7, 11) is -3.60. The first-order chi connectivity index (χ1) is 15.4. The van der Waals surface area contributed by atoms with Crippen molar-refractivity contribution in [1.29, 1.82) is 0 Å². The number of nitrogens with zero attached hydrogens (tertiary/aromatic N) is 2. The number of carbonyl (C=O) groups is 1. The van der Waals surface area contributed by atoms with Gasteiger partial charge in [0, 0.05) is 25.3 Å². The van der Waals surface area contributed by atoms with E-state index >= 15 is 0 Å². The van der Waals surface area contributed by atoms with Gasteiger partial charge in [0.2, 0.25) is 10.0 Å². The molecule has 1 aliphatic rings. The van der Waals surface area contributed by atoms with Gasteiger partial charge in [0.15, 0.2) is 0 Å². The van der Waals surface area contributed by atoms with Crippen LogP contribution in [0.15, 0.2) is 88.7 Å². The fourth-order valence-electron chi connectivity index (χ4n) is 3.86. The van der Waals surface area contributed by atoms with Gasteiger partial charge < -0.3 is 9.47 Å². The summed E-state index contributed by atoms with van der Waals surface area (Å²) in [5.74, 6) is -0.318. The van der Waals surface area contributed by atoms with Gasteiger partial charge in [-0.1, -0.05) is 48.5 Å². The first kappa shape index (κ1) is 22.0. The Hall–Kier alpha value is -3.23. The Labute approximate surface area is 187 Å². The SMILES string of the molecule is O=C(c1cccn(Cc2ccccc2)c1=O)N1CCC(NS(=O)(=O)c2ccccc2)CC1. The fourth-order valence-corrected chi connectivity index (χ4v) is 5.19. The molecule has 32 heavy (non-hydrogen) atoms. The summed E-state index contributed by atoms with van der Waals surface area (Å²) in [6, 6.07) is 20.8. The molecule has 1 saturated heterocycles. The van der Waals surface area contributed by atoms with Crippen molar-refractivity contribution in [3.63, 3.8) is 0 Å². The standard InChI is InChI=1S/C24H25N3O4S/c28-23(22-12-7-15-27(24(22)29)18-19-8-3-1-4-9-19)26-16-13-20(14-17-26)25-32(30,31)21-10-5-2-6-11-21/h1-12,15,20,25H,13-14,16-18H2. The van der Waals surface area contributed by atoms with Gasteiger partial charge in [0.25, 0.3) is 11.5 Å². The van der Waals surface area contributed by atoms with E-state index in [1.807, 2.05) is 30.3 Å². The summed E-state index contributed by atoms with van der Waals surface area (Å²) in [6.45, 7) is 1.16. The maximum atomic E-state index is 13.0. The van der Waals surface area contributed by atoms with Crippen LogP contribution in [0.4, 0.5) is 0 Å². The molecule has 0 spiro atoms. The van der Waals surface area contributed by atoms with E-state index in [9.17, 15) is 18.0 Å². The van der Waals surface area contributed by atoms with E-state index in [0.29, 0.717) is 32.5 Å². The molecule has 0 saturated carbocycles. The third kappa shape index (κ3) is 4.98. The van der Waals surface area contributed by atoms with Gasteiger partial charge in [-0.25, -0.2) is 13.1 Å². The zero-order chi connectivity index (χ0) is 22.6. The lowest BCUT2D eigenvalue weighted by Crippen LogP contribution is -2.47. The fraction of sp³-hybridized carbons (Fsp3) is 0.250. The minimum absolute atomic E-state index is 0.131. The molecule has 1 aliphatic heterocycles. The Kier molecular flexibility index (Phi) is 6.53. The van der Waals surface area contributed by atoms with E-state index in [1.54, 1.807) is 53.6 Å². The first-order valence-corrected chi connectivity index (χ1v) is 12.0. The van der Waals surface area contributed by atoms with Crippen molar-refractivity contribution in [2.75, 3.05) is 13.1 Å². The predicted octanol–water partition coefficient (Wildman–Crippen LogP) is 2.48. The number of amides is 1. The predicted molar refractivity (Wildman–Crippen MR) is 122 cm³/mol. The maximum Gasteiger partial charge on any atom is 0.263 e. The van der Waals surface area contributed by atoms with Crippen molar-refractivity contribution >= 4 is 15.9 Å². The van der Waals surface area contributed by atoms with Gasteiger partial charge in [-0.05, 0) is 42.7 Å². The number of carbonyl (C=O) groups excluding carboxylic acids is 1. The second-order valence-corrected chi connectivity index (χ2v) is 9.56. The minimum atomic E-state index is -3.60. The number of benzene rings is 2. The molecular weight excluding hydrogens is 426 g/mol. The highest BCUT2D eigenvalue weighted by Gasteiger charge is 2.28. The van der Waals surface area contributed by atoms with Gasteiger partial charge in [-0.3, -0.25) is 9.59 Å². The number of rotatable bonds is 6. The normalized spacial score (nSPS) is 14.9. The smallest absolute Gasteiger partial charge is 0.263 e. The lowest BCUT2D eigenvalue weighted by Gasteiger charge is -2.32. The number of sulfonamides is 1. The molecule has 0 radical (unpaired) electrons. The Morgan fingerprint density at radius 2 is 1.53 bits per heavy atom. The van der Waals surface area contributed by atoms with Crippen molar-refractivity contribution in [2.45, 2.75) is 30.3 Å². The van der Waals surface area contributed by atoms with Gasteiger partial charge in [-0.15, -0.1) is 0 Å². The lowest BCUT2D eigenvalue weighted by molar-refractivity contribution is 0.0709. The molecule has 1 amide bonds. The number of aromatic nitrogens is 1. The van der Waals surface area contributed by atoms with E-state index in [4.69, 9.17) is 0 Å². The number of hydrogen-bond donors (Lipinski definition) is 1. The number of nitrogens with one attached hydrogen (secondary N) is 1. The Morgan fingerprint density at radius 3 is 2.19 bits per heavy atom. The summed E-state index contributed by atoms with van der Waals surface area (Å²) in [5, 5.41) is 0. The Balaban J connectivity index is 1.41. The third-order valence-electron chi connectivity index (χ3n) is 5.60. The molecule has 1 fully saturated rings. The molecule has 166 valence electrons. The monoisotopic (exact) mass is 451 g/mol. The van der Waals surface area contributed by atoms with Crippen molar-refractivity contribution in [3.05, 3.63) is 100 Å². The highest BCUT2D eigenvalue weighted by atomic mass is 32.2. The van der Waals surface area contributed by atoms with Crippen LogP contribution >= 0.6 is 0 Å². The van der Waals surface area contributed by atoms with E-state index in [-0.39, 0.29) is 28.0 Å². The number of pyridine rings is 1. The first-order valence-electron chi connectivity index (χ1n) is 10.5. The summed E-state index contributed by atoms with van der Waals surface area (Å²) < 4.78 is 29.3. The van der Waals surface area contributed by atoms with Crippen molar-refractivity contribution in [1.82, 2.24) is 14.2 Å². The van der Waals surface area contributed by atoms with Crippen LogP contribution in [0.2, 0.25) is 0 Å². The van der Waals surface area contributed by atoms with Gasteiger partial charge >= 0.3 is 0 Å². The van der Waals surface area contributed by atoms with Crippen LogP contribution in [0.25, 0.3) is 0 Å². The second-order valence-electron chi connectivity index (χ2n) is 7.84. The molecule has 0 unspecified atom stereocenters. The molecule has 1 N–H and O–H groups in total. The number of piperidine rings is 1. The van der Waals surface area contributed by atoms with E-state index in [1.165, 1.54) is 4.57 Å². The van der Waals surface area contributed by atoms with Crippen LogP contribution in [-0.4, -0.2) is 42.9 Å². The molecule has 0 bridgehead atoms. The zero-order valence-corrected chi connectivity index (χ0v) is 18.4. The molecule has 2 aromatic carbocycles. The quantitative estimate of drug-likeness (QED) is 0.624. The molecule has 2 heterocycles. The highest BCUT2D eigenvalue weighted by molar-refractivity contribution is 7.89. The number of hydrogen-bond acceptors (Lipinski definition) is 4. The maximum absolute atomic E-state index is 13.0. The van der Waals surface area contributed by atoms with Crippen LogP contribution < -0.4 is 10.3 Å². The van der Waals surface area contributed by atoms with Crippen LogP contribution in [0, 0.1) is 0 Å². The van der Waals surface area contributed by atoms with Crippen molar-refractivity contribution in [2.24, 2.45) is 0 Å². The molecule has 8 heteroatoms. The second kappa shape index (κ2) is 9.50. The Morgan fingerprint density at radius 1 is 0.906 bits per heavy atom. The molecule has 4 rings (SSSR count). The van der Waals surface area contributed by atoms with Crippen molar-refractivity contribution in [3.8, 4) is 0 Å². The van der Waals surface area contributed by atoms with E-state index < -0.39 is 10.0 Å². The van der Waals surface area contributed by atoms with Crippen LogP contribution in [-0.2, 0) is 16.6 Å².